The third-order valence-electron chi connectivity index (χ3n) is 2.35. The minimum atomic E-state index is -0.555. The molecule has 0 aliphatic carbocycles. The molecule has 0 radical (unpaired) electrons. The van der Waals surface area contributed by atoms with E-state index in [0.29, 0.717) is 6.10 Å². The molecule has 2 heterocycles. The smallest absolute Gasteiger partial charge is 0.0936 e. The largest absolute Gasteiger partial charge is 0.372 e. The van der Waals surface area contributed by atoms with Crippen molar-refractivity contribution in [2.24, 2.45) is 0 Å². The van der Waals surface area contributed by atoms with E-state index in [4.69, 9.17) is 4.74 Å². The second-order valence-electron chi connectivity index (χ2n) is 3.46. The van der Waals surface area contributed by atoms with Gasteiger partial charge in [-0.05, 0) is 13.0 Å². The van der Waals surface area contributed by atoms with Gasteiger partial charge in [0, 0.05) is 35.4 Å². The van der Waals surface area contributed by atoms with Crippen molar-refractivity contribution >= 4 is 10.8 Å². The summed E-state index contributed by atoms with van der Waals surface area (Å²) in [6, 6.07) is 0. The summed E-state index contributed by atoms with van der Waals surface area (Å²) >= 11 is 0. The number of epoxide rings is 1. The first kappa shape index (κ1) is 8.66. The Hall–Kier alpha value is 0.0700. The van der Waals surface area contributed by atoms with Gasteiger partial charge in [-0.1, -0.05) is 0 Å². The van der Waals surface area contributed by atoms with Crippen LogP contribution in [0.3, 0.4) is 0 Å². The van der Waals surface area contributed by atoms with Crippen molar-refractivity contribution < 1.29 is 8.95 Å². The molecule has 12 heavy (non-hydrogen) atoms. The Balaban J connectivity index is 1.77. The van der Waals surface area contributed by atoms with Crippen molar-refractivity contribution in [1.82, 2.24) is 4.90 Å². The van der Waals surface area contributed by atoms with Crippen molar-refractivity contribution in [3.63, 3.8) is 0 Å². The SMILES string of the molecule is O=S1CCCN(C[C@H]2CO2)CC1. The molecule has 1 unspecified atom stereocenters. The number of ether oxygens (including phenoxy) is 1. The Labute approximate surface area is 75.5 Å². The van der Waals surface area contributed by atoms with Crippen molar-refractivity contribution in [3.05, 3.63) is 0 Å². The third kappa shape index (κ3) is 2.54. The predicted octanol–water partition coefficient (Wildman–Crippen LogP) is -0.160. The van der Waals surface area contributed by atoms with Crippen molar-refractivity contribution in [1.29, 1.82) is 0 Å². The lowest BCUT2D eigenvalue weighted by Gasteiger charge is -2.17. The van der Waals surface area contributed by atoms with Crippen molar-refractivity contribution in [3.8, 4) is 0 Å². The van der Waals surface area contributed by atoms with E-state index < -0.39 is 10.8 Å². The molecule has 2 fully saturated rings. The van der Waals surface area contributed by atoms with Gasteiger partial charge < -0.3 is 4.74 Å². The minimum absolute atomic E-state index is 0.483. The first-order valence-corrected chi connectivity index (χ1v) is 6.02. The number of hydrogen-bond donors (Lipinski definition) is 0. The monoisotopic (exact) mass is 189 g/mol. The topological polar surface area (TPSA) is 32.8 Å². The third-order valence-corrected chi connectivity index (χ3v) is 3.73. The van der Waals surface area contributed by atoms with Gasteiger partial charge in [0.2, 0.25) is 0 Å². The highest BCUT2D eigenvalue weighted by Crippen LogP contribution is 2.12. The molecule has 0 aromatic rings. The maximum Gasteiger partial charge on any atom is 0.0936 e. The van der Waals surface area contributed by atoms with Gasteiger partial charge in [-0.3, -0.25) is 9.11 Å². The molecule has 4 heteroatoms. The predicted molar refractivity (Wildman–Crippen MR) is 48.7 cm³/mol. The highest BCUT2D eigenvalue weighted by atomic mass is 32.2. The van der Waals surface area contributed by atoms with E-state index >= 15 is 0 Å². The average Bonchev–Trinajstić information content (AvgIpc) is 2.83. The van der Waals surface area contributed by atoms with Crippen LogP contribution in [-0.2, 0) is 15.5 Å². The van der Waals surface area contributed by atoms with Crippen LogP contribution < -0.4 is 0 Å². The molecule has 0 spiro atoms. The maximum absolute atomic E-state index is 11.2. The molecular formula is C8H15NO2S. The fraction of sp³-hybridized carbons (Fsp3) is 1.00. The molecule has 3 nitrogen and oxygen atoms in total. The fourth-order valence-electron chi connectivity index (χ4n) is 1.54. The fourth-order valence-corrected chi connectivity index (χ4v) is 2.65. The first-order valence-electron chi connectivity index (χ1n) is 4.53. The Morgan fingerprint density at radius 2 is 2.25 bits per heavy atom. The van der Waals surface area contributed by atoms with Gasteiger partial charge in [-0.25, -0.2) is 0 Å². The van der Waals surface area contributed by atoms with Gasteiger partial charge in [0.15, 0.2) is 0 Å². The summed E-state index contributed by atoms with van der Waals surface area (Å²) in [5.41, 5.74) is 0. The van der Waals surface area contributed by atoms with Crippen LogP contribution in [0.2, 0.25) is 0 Å². The molecule has 70 valence electrons. The Morgan fingerprint density at radius 3 is 3.00 bits per heavy atom. The zero-order valence-corrected chi connectivity index (χ0v) is 8.02. The molecule has 2 aliphatic heterocycles. The molecular weight excluding hydrogens is 174 g/mol. The molecule has 0 bridgehead atoms. The highest BCUT2D eigenvalue weighted by molar-refractivity contribution is 7.85. The zero-order valence-electron chi connectivity index (χ0n) is 7.20. The lowest BCUT2D eigenvalue weighted by molar-refractivity contribution is 0.257. The number of hydrogen-bond acceptors (Lipinski definition) is 3. The molecule has 2 atom stereocenters. The zero-order chi connectivity index (χ0) is 8.39. The van der Waals surface area contributed by atoms with Gasteiger partial charge >= 0.3 is 0 Å². The highest BCUT2D eigenvalue weighted by Gasteiger charge is 2.26. The standard InChI is InChI=1S/C8H15NO2S/c10-12-4-1-2-9(3-5-12)6-8-7-11-8/h8H,1-7H2/t8-,12?/m0/s1. The normalized spacial score (nSPS) is 37.7. The van der Waals surface area contributed by atoms with Crippen LogP contribution in [-0.4, -0.2) is 53.0 Å². The van der Waals surface area contributed by atoms with Crippen LogP contribution in [0.25, 0.3) is 0 Å². The number of nitrogens with zero attached hydrogens (tertiary/aromatic N) is 1. The second kappa shape index (κ2) is 3.85. The van der Waals surface area contributed by atoms with Crippen LogP contribution in [0, 0.1) is 0 Å². The van der Waals surface area contributed by atoms with Gasteiger partial charge in [-0.2, -0.15) is 0 Å². The van der Waals surface area contributed by atoms with Gasteiger partial charge in [-0.15, -0.1) is 0 Å². The lowest BCUT2D eigenvalue weighted by Crippen LogP contribution is -2.30. The summed E-state index contributed by atoms with van der Waals surface area (Å²) in [5.74, 6) is 1.74. The second-order valence-corrected chi connectivity index (χ2v) is 5.15. The molecule has 0 aromatic carbocycles. The van der Waals surface area contributed by atoms with E-state index in [1.807, 2.05) is 0 Å². The van der Waals surface area contributed by atoms with Crippen molar-refractivity contribution in [2.45, 2.75) is 12.5 Å². The van der Waals surface area contributed by atoms with Gasteiger partial charge in [0.25, 0.3) is 0 Å². The van der Waals surface area contributed by atoms with Gasteiger partial charge in [0.05, 0.1) is 12.7 Å². The van der Waals surface area contributed by atoms with E-state index in [-0.39, 0.29) is 0 Å². The van der Waals surface area contributed by atoms with Gasteiger partial charge in [0.1, 0.15) is 0 Å². The summed E-state index contributed by atoms with van der Waals surface area (Å²) < 4.78 is 16.3. The Kier molecular flexibility index (Phi) is 2.78. The summed E-state index contributed by atoms with van der Waals surface area (Å²) in [4.78, 5) is 2.38. The van der Waals surface area contributed by atoms with E-state index in [0.717, 1.165) is 44.2 Å². The minimum Gasteiger partial charge on any atom is -0.372 e. The maximum atomic E-state index is 11.2. The van der Waals surface area contributed by atoms with Crippen LogP contribution >= 0.6 is 0 Å². The van der Waals surface area contributed by atoms with Crippen LogP contribution in [0.15, 0.2) is 0 Å². The molecule has 2 saturated heterocycles. The first-order chi connectivity index (χ1) is 5.84. The van der Waals surface area contributed by atoms with Crippen molar-refractivity contribution in [2.75, 3.05) is 37.7 Å². The van der Waals surface area contributed by atoms with E-state index in [9.17, 15) is 4.21 Å². The van der Waals surface area contributed by atoms with E-state index in [1.54, 1.807) is 0 Å². The van der Waals surface area contributed by atoms with Crippen LogP contribution in [0.4, 0.5) is 0 Å². The lowest BCUT2D eigenvalue weighted by atomic mass is 10.3. The Morgan fingerprint density at radius 1 is 1.42 bits per heavy atom. The molecule has 2 rings (SSSR count). The molecule has 2 aliphatic rings. The summed E-state index contributed by atoms with van der Waals surface area (Å²) in [5, 5.41) is 0. The van der Waals surface area contributed by atoms with Crippen LogP contribution in [0.5, 0.6) is 0 Å². The molecule has 0 amide bonds. The molecule has 0 N–H and O–H groups in total. The van der Waals surface area contributed by atoms with E-state index in [2.05, 4.69) is 4.90 Å². The van der Waals surface area contributed by atoms with E-state index in [1.165, 1.54) is 0 Å². The average molecular weight is 189 g/mol. The van der Waals surface area contributed by atoms with Crippen LogP contribution in [0.1, 0.15) is 6.42 Å². The quantitative estimate of drug-likeness (QED) is 0.566. The summed E-state index contributed by atoms with van der Waals surface area (Å²) in [6.45, 7) is 4.08. The Bertz CT molecular complexity index is 182. The summed E-state index contributed by atoms with van der Waals surface area (Å²) in [7, 11) is -0.555. The summed E-state index contributed by atoms with van der Waals surface area (Å²) in [6.07, 6.45) is 1.57. The molecule has 0 aromatic heterocycles. The number of rotatable bonds is 2. The molecule has 0 saturated carbocycles.